The molecule has 116 valence electrons. The van der Waals surface area contributed by atoms with Gasteiger partial charge in [-0.05, 0) is 29.8 Å². The van der Waals surface area contributed by atoms with Crippen molar-refractivity contribution in [2.75, 3.05) is 0 Å². The van der Waals surface area contributed by atoms with Crippen LogP contribution in [0.5, 0.6) is 0 Å². The van der Waals surface area contributed by atoms with Crippen LogP contribution in [0.3, 0.4) is 0 Å². The summed E-state index contributed by atoms with van der Waals surface area (Å²) in [7, 11) is -3.95. The van der Waals surface area contributed by atoms with Gasteiger partial charge in [0.15, 0.2) is 0 Å². The Labute approximate surface area is 127 Å². The second-order valence-corrected chi connectivity index (χ2v) is 6.35. The Kier molecular flexibility index (Phi) is 4.89. The van der Waals surface area contributed by atoms with Crippen molar-refractivity contribution in [2.45, 2.75) is 17.4 Å². The van der Waals surface area contributed by atoms with E-state index in [0.29, 0.717) is 5.56 Å². The van der Waals surface area contributed by atoms with Crippen molar-refractivity contribution in [3.8, 4) is 0 Å². The van der Waals surface area contributed by atoms with Crippen LogP contribution in [-0.4, -0.2) is 19.5 Å². The Morgan fingerprint density at radius 1 is 1.09 bits per heavy atom. The molecule has 1 atom stereocenters. The number of aliphatic carboxylic acids is 1. The monoisotopic (exact) mass is 323 g/mol. The molecule has 0 heterocycles. The Hall–Kier alpha value is -2.25. The van der Waals surface area contributed by atoms with Gasteiger partial charge in [0.2, 0.25) is 10.0 Å². The largest absolute Gasteiger partial charge is 0.481 e. The van der Waals surface area contributed by atoms with Crippen LogP contribution < -0.4 is 4.72 Å². The minimum absolute atomic E-state index is 0.125. The molecule has 2 rings (SSSR count). The highest BCUT2D eigenvalue weighted by Crippen LogP contribution is 2.20. The molecule has 0 spiro atoms. The maximum absolute atomic E-state index is 12.9. The van der Waals surface area contributed by atoms with Gasteiger partial charge in [-0.3, -0.25) is 4.79 Å². The lowest BCUT2D eigenvalue weighted by Gasteiger charge is -2.17. The van der Waals surface area contributed by atoms with E-state index in [4.69, 9.17) is 5.11 Å². The molecule has 22 heavy (non-hydrogen) atoms. The molecule has 2 aromatic rings. The molecule has 0 saturated carbocycles. The zero-order chi connectivity index (χ0) is 16.2. The third-order valence-electron chi connectivity index (χ3n) is 3.00. The van der Waals surface area contributed by atoms with Gasteiger partial charge in [0, 0.05) is 0 Å². The highest BCUT2D eigenvalue weighted by atomic mass is 32.2. The topological polar surface area (TPSA) is 83.5 Å². The van der Waals surface area contributed by atoms with Crippen LogP contribution in [-0.2, 0) is 14.8 Å². The number of hydrogen-bond acceptors (Lipinski definition) is 3. The Morgan fingerprint density at radius 2 is 1.68 bits per heavy atom. The number of benzene rings is 2. The van der Waals surface area contributed by atoms with E-state index in [1.807, 2.05) is 0 Å². The van der Waals surface area contributed by atoms with Gasteiger partial charge in [0.05, 0.1) is 17.4 Å². The van der Waals surface area contributed by atoms with E-state index < -0.39 is 34.3 Å². The Bertz CT molecular complexity index is 745. The second-order valence-electron chi connectivity index (χ2n) is 4.64. The van der Waals surface area contributed by atoms with Crippen molar-refractivity contribution >= 4 is 16.0 Å². The standard InChI is InChI=1S/C15H14FNO4S/c16-12-6-8-13(9-7-12)22(20,21)17-14(10-15(18)19)11-4-2-1-3-5-11/h1-9,14,17H,10H2,(H,18,19). The van der Waals surface area contributed by atoms with E-state index in [-0.39, 0.29) is 4.90 Å². The molecule has 0 aliphatic carbocycles. The molecule has 0 fully saturated rings. The molecule has 0 saturated heterocycles. The van der Waals surface area contributed by atoms with Crippen LogP contribution in [0, 0.1) is 5.82 Å². The van der Waals surface area contributed by atoms with Gasteiger partial charge < -0.3 is 5.11 Å². The lowest BCUT2D eigenvalue weighted by atomic mass is 10.1. The lowest BCUT2D eigenvalue weighted by molar-refractivity contribution is -0.137. The Balaban J connectivity index is 2.30. The van der Waals surface area contributed by atoms with Crippen LogP contribution in [0.4, 0.5) is 4.39 Å². The predicted molar refractivity (Wildman–Crippen MR) is 78.2 cm³/mol. The van der Waals surface area contributed by atoms with E-state index in [1.54, 1.807) is 30.3 Å². The maximum atomic E-state index is 12.9. The highest BCUT2D eigenvalue weighted by molar-refractivity contribution is 7.89. The molecule has 0 bridgehead atoms. The first-order valence-corrected chi connectivity index (χ1v) is 7.91. The van der Waals surface area contributed by atoms with E-state index >= 15 is 0 Å². The number of carboxylic acids is 1. The molecule has 5 nitrogen and oxygen atoms in total. The third kappa shape index (κ3) is 4.12. The summed E-state index contributed by atoms with van der Waals surface area (Å²) in [6.07, 6.45) is -0.398. The van der Waals surface area contributed by atoms with Crippen LogP contribution >= 0.6 is 0 Å². The first-order valence-electron chi connectivity index (χ1n) is 6.43. The summed E-state index contributed by atoms with van der Waals surface area (Å²) >= 11 is 0. The summed E-state index contributed by atoms with van der Waals surface area (Å²) in [5.74, 6) is -1.68. The van der Waals surface area contributed by atoms with Crippen molar-refractivity contribution in [3.63, 3.8) is 0 Å². The van der Waals surface area contributed by atoms with Gasteiger partial charge in [0.25, 0.3) is 0 Å². The molecular weight excluding hydrogens is 309 g/mol. The molecule has 1 unspecified atom stereocenters. The number of halogens is 1. The van der Waals surface area contributed by atoms with Crippen molar-refractivity contribution < 1.29 is 22.7 Å². The molecule has 0 amide bonds. The van der Waals surface area contributed by atoms with Crippen molar-refractivity contribution in [1.82, 2.24) is 4.72 Å². The van der Waals surface area contributed by atoms with Crippen LogP contribution in [0.1, 0.15) is 18.0 Å². The summed E-state index contributed by atoms with van der Waals surface area (Å²) in [6.45, 7) is 0. The smallest absolute Gasteiger partial charge is 0.305 e. The summed E-state index contributed by atoms with van der Waals surface area (Å²) in [6, 6.07) is 11.8. The van der Waals surface area contributed by atoms with Crippen molar-refractivity contribution in [3.05, 3.63) is 66.0 Å². The van der Waals surface area contributed by atoms with Gasteiger partial charge in [0.1, 0.15) is 5.82 Å². The SMILES string of the molecule is O=C(O)CC(NS(=O)(=O)c1ccc(F)cc1)c1ccccc1. The van der Waals surface area contributed by atoms with Crippen LogP contribution in [0.2, 0.25) is 0 Å². The highest BCUT2D eigenvalue weighted by Gasteiger charge is 2.23. The van der Waals surface area contributed by atoms with Crippen molar-refractivity contribution in [1.29, 1.82) is 0 Å². The van der Waals surface area contributed by atoms with Crippen LogP contribution in [0.15, 0.2) is 59.5 Å². The summed E-state index contributed by atoms with van der Waals surface area (Å²) in [4.78, 5) is 10.8. The normalized spacial score (nSPS) is 12.8. The van der Waals surface area contributed by atoms with E-state index in [2.05, 4.69) is 4.72 Å². The molecular formula is C15H14FNO4S. The number of nitrogens with one attached hydrogen (secondary N) is 1. The summed E-state index contributed by atoms with van der Waals surface area (Å²) in [5.41, 5.74) is 0.538. The number of sulfonamides is 1. The number of carbonyl (C=O) groups is 1. The first kappa shape index (κ1) is 16.1. The second kappa shape index (κ2) is 6.67. The van der Waals surface area contributed by atoms with Gasteiger partial charge in [-0.1, -0.05) is 30.3 Å². The molecule has 2 aromatic carbocycles. The maximum Gasteiger partial charge on any atom is 0.305 e. The summed E-state index contributed by atoms with van der Waals surface area (Å²) < 4.78 is 39.8. The summed E-state index contributed by atoms with van der Waals surface area (Å²) in [5, 5.41) is 8.96. The predicted octanol–water partition coefficient (Wildman–Crippen LogP) is 2.32. The Morgan fingerprint density at radius 3 is 2.23 bits per heavy atom. The third-order valence-corrected chi connectivity index (χ3v) is 4.49. The van der Waals surface area contributed by atoms with Crippen LogP contribution in [0.25, 0.3) is 0 Å². The van der Waals surface area contributed by atoms with Crippen molar-refractivity contribution in [2.24, 2.45) is 0 Å². The fourth-order valence-electron chi connectivity index (χ4n) is 1.96. The van der Waals surface area contributed by atoms with Gasteiger partial charge in [-0.15, -0.1) is 0 Å². The zero-order valence-corrected chi connectivity index (χ0v) is 12.3. The molecule has 0 aliphatic rings. The molecule has 7 heteroatoms. The molecule has 0 aromatic heterocycles. The average molecular weight is 323 g/mol. The van der Waals surface area contributed by atoms with E-state index in [9.17, 15) is 17.6 Å². The number of rotatable bonds is 6. The minimum Gasteiger partial charge on any atom is -0.481 e. The van der Waals surface area contributed by atoms with Gasteiger partial charge >= 0.3 is 5.97 Å². The number of carboxylic acid groups (broad SMARTS) is 1. The zero-order valence-electron chi connectivity index (χ0n) is 11.4. The number of hydrogen-bond donors (Lipinski definition) is 2. The average Bonchev–Trinajstić information content (AvgIpc) is 2.47. The molecule has 0 radical (unpaired) electrons. The van der Waals surface area contributed by atoms with E-state index in [1.165, 1.54) is 0 Å². The fraction of sp³-hybridized carbons (Fsp3) is 0.133. The lowest BCUT2D eigenvalue weighted by Crippen LogP contribution is -2.30. The molecule has 2 N–H and O–H groups in total. The van der Waals surface area contributed by atoms with Gasteiger partial charge in [-0.25, -0.2) is 17.5 Å². The fourth-order valence-corrected chi connectivity index (χ4v) is 3.18. The van der Waals surface area contributed by atoms with E-state index in [0.717, 1.165) is 24.3 Å². The van der Waals surface area contributed by atoms with Gasteiger partial charge in [-0.2, -0.15) is 0 Å². The molecule has 0 aliphatic heterocycles. The quantitative estimate of drug-likeness (QED) is 0.854. The first-order chi connectivity index (χ1) is 10.4. The minimum atomic E-state index is -3.95.